The molecular formula is C24H24N2O4. The summed E-state index contributed by atoms with van der Waals surface area (Å²) in [5.74, 6) is -0.409. The van der Waals surface area contributed by atoms with Crippen LogP contribution in [0.5, 0.6) is 5.75 Å². The molecule has 2 aromatic carbocycles. The van der Waals surface area contributed by atoms with E-state index in [1.54, 1.807) is 60.5 Å². The van der Waals surface area contributed by atoms with Crippen LogP contribution >= 0.6 is 0 Å². The lowest BCUT2D eigenvalue weighted by Crippen LogP contribution is -2.40. The number of hydrogen-bond donors (Lipinski definition) is 0. The molecule has 2 aromatic rings. The smallest absolute Gasteiger partial charge is 0.350 e. The van der Waals surface area contributed by atoms with E-state index in [9.17, 15) is 14.9 Å². The lowest BCUT2D eigenvalue weighted by Gasteiger charge is -2.30. The Morgan fingerprint density at radius 2 is 1.70 bits per heavy atom. The zero-order valence-corrected chi connectivity index (χ0v) is 16.9. The summed E-state index contributed by atoms with van der Waals surface area (Å²) >= 11 is 0. The highest BCUT2D eigenvalue weighted by Gasteiger charge is 2.31. The fourth-order valence-corrected chi connectivity index (χ4v) is 3.34. The van der Waals surface area contributed by atoms with E-state index in [4.69, 9.17) is 9.47 Å². The van der Waals surface area contributed by atoms with Crippen molar-refractivity contribution in [2.75, 3.05) is 20.2 Å². The van der Waals surface area contributed by atoms with Gasteiger partial charge in [-0.2, -0.15) is 5.26 Å². The minimum Gasteiger partial charge on any atom is -0.497 e. The second kappa shape index (κ2) is 10.3. The number of carbonyl (C=O) groups excluding carboxylic acids is 2. The van der Waals surface area contributed by atoms with E-state index >= 15 is 0 Å². The summed E-state index contributed by atoms with van der Waals surface area (Å²) in [5, 5.41) is 9.49. The Balaban J connectivity index is 1.83. The molecular weight excluding hydrogens is 380 g/mol. The second-order valence-corrected chi connectivity index (χ2v) is 7.02. The number of methoxy groups -OCH3 is 1. The predicted molar refractivity (Wildman–Crippen MR) is 112 cm³/mol. The molecule has 1 atom stereocenters. The third kappa shape index (κ3) is 5.26. The van der Waals surface area contributed by atoms with E-state index in [1.807, 2.05) is 12.1 Å². The number of amides is 1. The van der Waals surface area contributed by atoms with Gasteiger partial charge in [-0.1, -0.05) is 42.5 Å². The van der Waals surface area contributed by atoms with Gasteiger partial charge in [-0.25, -0.2) is 4.79 Å². The van der Waals surface area contributed by atoms with E-state index in [0.717, 1.165) is 19.3 Å². The molecule has 0 saturated carbocycles. The molecule has 1 amide bonds. The molecule has 0 radical (unpaired) electrons. The van der Waals surface area contributed by atoms with Crippen molar-refractivity contribution in [1.82, 2.24) is 4.90 Å². The average molecular weight is 404 g/mol. The normalized spacial score (nSPS) is 15.1. The van der Waals surface area contributed by atoms with Crippen LogP contribution in [0.15, 0.2) is 60.2 Å². The summed E-state index contributed by atoms with van der Waals surface area (Å²) in [4.78, 5) is 27.6. The summed E-state index contributed by atoms with van der Waals surface area (Å²) in [6.45, 7) is 1.29. The number of ether oxygens (including phenoxy) is 2. The molecule has 154 valence electrons. The minimum absolute atomic E-state index is 0.174. The largest absolute Gasteiger partial charge is 0.497 e. The molecule has 0 aliphatic carbocycles. The summed E-state index contributed by atoms with van der Waals surface area (Å²) < 4.78 is 10.7. The predicted octanol–water partition coefficient (Wildman–Crippen LogP) is 3.90. The third-order valence-corrected chi connectivity index (χ3v) is 4.99. The highest BCUT2D eigenvalue weighted by atomic mass is 16.5. The summed E-state index contributed by atoms with van der Waals surface area (Å²) in [6, 6.07) is 17.7. The van der Waals surface area contributed by atoms with Crippen molar-refractivity contribution < 1.29 is 19.1 Å². The third-order valence-electron chi connectivity index (χ3n) is 4.99. The summed E-state index contributed by atoms with van der Waals surface area (Å²) in [7, 11) is 1.56. The van der Waals surface area contributed by atoms with Gasteiger partial charge in [-0.3, -0.25) is 4.79 Å². The number of likely N-dealkylation sites (tertiary alicyclic amines) is 1. The van der Waals surface area contributed by atoms with Crippen molar-refractivity contribution in [3.05, 3.63) is 71.3 Å². The van der Waals surface area contributed by atoms with Gasteiger partial charge in [0.2, 0.25) is 6.10 Å². The molecule has 3 rings (SSSR count). The quantitative estimate of drug-likeness (QED) is 0.414. The molecule has 30 heavy (non-hydrogen) atoms. The number of nitriles is 1. The van der Waals surface area contributed by atoms with Crippen LogP contribution in [0, 0.1) is 11.3 Å². The van der Waals surface area contributed by atoms with Gasteiger partial charge in [-0.05, 0) is 43.0 Å². The first-order valence-corrected chi connectivity index (χ1v) is 9.93. The van der Waals surface area contributed by atoms with Gasteiger partial charge in [0.25, 0.3) is 5.91 Å². The van der Waals surface area contributed by atoms with Gasteiger partial charge in [0.15, 0.2) is 0 Å². The highest BCUT2D eigenvalue weighted by Crippen LogP contribution is 2.24. The molecule has 1 heterocycles. The Bertz CT molecular complexity index is 939. The highest BCUT2D eigenvalue weighted by molar-refractivity contribution is 5.99. The second-order valence-electron chi connectivity index (χ2n) is 7.02. The zero-order valence-electron chi connectivity index (χ0n) is 16.9. The Hall–Kier alpha value is -3.59. The van der Waals surface area contributed by atoms with Crippen LogP contribution in [0.25, 0.3) is 6.08 Å². The maximum absolute atomic E-state index is 13.1. The van der Waals surface area contributed by atoms with E-state index in [1.165, 1.54) is 6.08 Å². The summed E-state index contributed by atoms with van der Waals surface area (Å²) in [5.41, 5.74) is 1.07. The molecule has 6 heteroatoms. The zero-order chi connectivity index (χ0) is 21.3. The minimum atomic E-state index is -1.08. The number of rotatable bonds is 6. The van der Waals surface area contributed by atoms with Gasteiger partial charge in [-0.15, -0.1) is 0 Å². The van der Waals surface area contributed by atoms with Crippen molar-refractivity contribution in [1.29, 1.82) is 5.26 Å². The number of benzene rings is 2. The molecule has 1 aliphatic heterocycles. The lowest BCUT2D eigenvalue weighted by molar-refractivity contribution is -0.158. The van der Waals surface area contributed by atoms with Crippen LogP contribution in [0.1, 0.15) is 36.5 Å². The average Bonchev–Trinajstić information content (AvgIpc) is 2.82. The Labute approximate surface area is 176 Å². The lowest BCUT2D eigenvalue weighted by atomic mass is 10.1. The Morgan fingerprint density at radius 3 is 2.30 bits per heavy atom. The first-order valence-electron chi connectivity index (χ1n) is 9.93. The standard InChI is InChI=1S/C24H24N2O4/c1-29-21-12-10-18(11-13-21)16-20(17-25)24(28)30-22(19-8-4-2-5-9-19)23(27)26-14-6-3-7-15-26/h2,4-5,8-13,16,22H,3,6-7,14-15H2,1H3/b20-16+/t22-/m1/s1. The molecule has 0 spiro atoms. The summed E-state index contributed by atoms with van der Waals surface area (Å²) in [6.07, 6.45) is 3.31. The van der Waals surface area contributed by atoms with Crippen LogP contribution in [0.2, 0.25) is 0 Å². The monoisotopic (exact) mass is 404 g/mol. The molecule has 1 aliphatic rings. The SMILES string of the molecule is COc1ccc(/C=C(\C#N)C(=O)O[C@@H](C(=O)N2CCCCC2)c2ccccc2)cc1. The number of piperidine rings is 1. The topological polar surface area (TPSA) is 79.6 Å². The number of esters is 1. The molecule has 0 N–H and O–H groups in total. The molecule has 1 saturated heterocycles. The molecule has 0 unspecified atom stereocenters. The first kappa shape index (κ1) is 21.1. The van der Waals surface area contributed by atoms with Crippen molar-refractivity contribution >= 4 is 18.0 Å². The number of hydrogen-bond acceptors (Lipinski definition) is 5. The van der Waals surface area contributed by atoms with E-state index < -0.39 is 12.1 Å². The fraction of sp³-hybridized carbons (Fsp3) is 0.292. The van der Waals surface area contributed by atoms with Gasteiger partial charge in [0.05, 0.1) is 7.11 Å². The maximum atomic E-state index is 13.1. The first-order chi connectivity index (χ1) is 14.6. The number of nitrogens with zero attached hydrogens (tertiary/aromatic N) is 2. The van der Waals surface area contributed by atoms with Gasteiger partial charge in [0, 0.05) is 18.7 Å². The van der Waals surface area contributed by atoms with Crippen molar-refractivity contribution in [3.63, 3.8) is 0 Å². The van der Waals surface area contributed by atoms with E-state index in [-0.39, 0.29) is 11.5 Å². The van der Waals surface area contributed by atoms with Gasteiger partial charge < -0.3 is 14.4 Å². The molecule has 1 fully saturated rings. The van der Waals surface area contributed by atoms with Crippen LogP contribution < -0.4 is 4.74 Å². The molecule has 0 aromatic heterocycles. The van der Waals surface area contributed by atoms with Gasteiger partial charge >= 0.3 is 5.97 Å². The molecule has 0 bridgehead atoms. The Morgan fingerprint density at radius 1 is 1.03 bits per heavy atom. The van der Waals surface area contributed by atoms with Crippen molar-refractivity contribution in [2.45, 2.75) is 25.4 Å². The van der Waals surface area contributed by atoms with Crippen LogP contribution in [-0.4, -0.2) is 37.0 Å². The number of carbonyl (C=O) groups is 2. The van der Waals surface area contributed by atoms with Crippen molar-refractivity contribution in [3.8, 4) is 11.8 Å². The van der Waals surface area contributed by atoms with Crippen LogP contribution in [0.3, 0.4) is 0 Å². The van der Waals surface area contributed by atoms with E-state index in [2.05, 4.69) is 0 Å². The van der Waals surface area contributed by atoms with Gasteiger partial charge in [0.1, 0.15) is 17.4 Å². The Kier molecular flexibility index (Phi) is 7.23. The van der Waals surface area contributed by atoms with Crippen molar-refractivity contribution in [2.24, 2.45) is 0 Å². The molecule has 6 nitrogen and oxygen atoms in total. The fourth-order valence-electron chi connectivity index (χ4n) is 3.34. The van der Waals surface area contributed by atoms with E-state index in [0.29, 0.717) is 30.0 Å². The van der Waals surface area contributed by atoms with Crippen LogP contribution in [-0.2, 0) is 14.3 Å². The maximum Gasteiger partial charge on any atom is 0.350 e. The van der Waals surface area contributed by atoms with Crippen LogP contribution in [0.4, 0.5) is 0 Å².